The largest absolute Gasteiger partial charge is 0.496 e. The molecule has 0 bridgehead atoms. The Bertz CT molecular complexity index is 1130. The molecule has 0 aromatic heterocycles. The number of hydrogen-bond donors (Lipinski definition) is 0. The minimum atomic E-state index is -3.10. The first-order valence-corrected chi connectivity index (χ1v) is 12.4. The molecule has 0 unspecified atom stereocenters. The first-order chi connectivity index (χ1) is 14.3. The molecule has 2 saturated heterocycles. The van der Waals surface area contributed by atoms with Crippen LogP contribution in [0.15, 0.2) is 47.5 Å². The van der Waals surface area contributed by atoms with E-state index in [9.17, 15) is 13.2 Å². The molecule has 158 valence electrons. The van der Waals surface area contributed by atoms with Crippen molar-refractivity contribution in [3.8, 4) is 5.75 Å². The van der Waals surface area contributed by atoms with Gasteiger partial charge in [-0.25, -0.2) is 8.42 Å². The van der Waals surface area contributed by atoms with Crippen molar-refractivity contribution >= 4 is 38.4 Å². The van der Waals surface area contributed by atoms with E-state index in [1.165, 1.54) is 11.8 Å². The van der Waals surface area contributed by atoms with E-state index in [2.05, 4.69) is 4.99 Å². The Kier molecular flexibility index (Phi) is 5.63. The van der Waals surface area contributed by atoms with Crippen molar-refractivity contribution in [1.29, 1.82) is 0 Å². The van der Waals surface area contributed by atoms with Crippen LogP contribution in [0.5, 0.6) is 5.75 Å². The number of methoxy groups -OCH3 is 1. The summed E-state index contributed by atoms with van der Waals surface area (Å²) in [7, 11) is -1.52. The van der Waals surface area contributed by atoms with Gasteiger partial charge in [-0.1, -0.05) is 42.1 Å². The van der Waals surface area contributed by atoms with Gasteiger partial charge in [0.2, 0.25) is 0 Å². The number of aliphatic imine (C=N–C) groups is 1. The smallest absolute Gasteiger partial charge is 0.252 e. The van der Waals surface area contributed by atoms with E-state index < -0.39 is 9.84 Å². The maximum atomic E-state index is 12.8. The molecule has 2 aromatic rings. The number of carbonyl (C=O) groups excluding carboxylic acids is 1. The lowest BCUT2D eigenvalue weighted by molar-refractivity contribution is -0.117. The zero-order valence-corrected chi connectivity index (χ0v) is 18.8. The second-order valence-corrected chi connectivity index (χ2v) is 11.0. The Morgan fingerprint density at radius 3 is 2.70 bits per heavy atom. The number of anilines is 1. The van der Waals surface area contributed by atoms with E-state index in [4.69, 9.17) is 4.74 Å². The highest BCUT2D eigenvalue weighted by Gasteiger charge is 2.49. The van der Waals surface area contributed by atoms with E-state index in [0.29, 0.717) is 10.9 Å². The van der Waals surface area contributed by atoms with Crippen molar-refractivity contribution in [3.63, 3.8) is 0 Å². The molecule has 8 heteroatoms. The van der Waals surface area contributed by atoms with E-state index in [0.717, 1.165) is 22.4 Å². The maximum Gasteiger partial charge on any atom is 0.252 e. The summed E-state index contributed by atoms with van der Waals surface area (Å²) in [5.41, 5.74) is 3.86. The third-order valence-electron chi connectivity index (χ3n) is 5.66. The Labute approximate surface area is 181 Å². The van der Waals surface area contributed by atoms with Crippen LogP contribution in [0.2, 0.25) is 0 Å². The zero-order valence-electron chi connectivity index (χ0n) is 17.2. The first-order valence-electron chi connectivity index (χ1n) is 9.75. The van der Waals surface area contributed by atoms with Gasteiger partial charge in [-0.15, -0.1) is 0 Å². The van der Waals surface area contributed by atoms with Gasteiger partial charge in [0.05, 0.1) is 31.1 Å². The second-order valence-electron chi connectivity index (χ2n) is 7.67. The number of carbonyl (C=O) groups is 1. The highest BCUT2D eigenvalue weighted by atomic mass is 32.2. The number of amides is 1. The van der Waals surface area contributed by atoms with Gasteiger partial charge in [0.25, 0.3) is 5.91 Å². The Morgan fingerprint density at radius 2 is 1.93 bits per heavy atom. The molecule has 1 amide bonds. The molecular weight excluding hydrogens is 420 g/mol. The molecule has 0 N–H and O–H groups in total. The third-order valence-corrected chi connectivity index (χ3v) is 8.87. The lowest BCUT2D eigenvalue weighted by Crippen LogP contribution is -2.38. The fourth-order valence-electron chi connectivity index (χ4n) is 4.00. The number of hydrogen-bond acceptors (Lipinski definition) is 5. The number of fused-ring (bicyclic) bond motifs is 1. The zero-order chi connectivity index (χ0) is 21.5. The molecule has 2 atom stereocenters. The fourth-order valence-corrected chi connectivity index (χ4v) is 7.93. The lowest BCUT2D eigenvalue weighted by atomic mass is 10.1. The molecule has 6 nitrogen and oxygen atoms in total. The standard InChI is InChI=1S/C22H24N2O4S2/c1-14-7-6-9-17(15(14)2)24-18-12-30(26,27)13-20(18)29-22(24)23-21(25)11-16-8-4-5-10-19(16)28-3/h4-10,18,20H,11-13H2,1-3H3/t18-,20-/m0/s1. The Morgan fingerprint density at radius 1 is 1.17 bits per heavy atom. The summed E-state index contributed by atoms with van der Waals surface area (Å²) in [6.45, 7) is 4.04. The van der Waals surface area contributed by atoms with E-state index >= 15 is 0 Å². The van der Waals surface area contributed by atoms with E-state index in [1.54, 1.807) is 7.11 Å². The second kappa shape index (κ2) is 8.07. The average molecular weight is 445 g/mol. The molecule has 0 radical (unpaired) electrons. The van der Waals surface area contributed by atoms with Crippen LogP contribution in [0, 0.1) is 13.8 Å². The topological polar surface area (TPSA) is 76.0 Å². The number of ether oxygens (including phenoxy) is 1. The molecule has 2 aliphatic rings. The molecule has 2 fully saturated rings. The molecule has 2 aromatic carbocycles. The van der Waals surface area contributed by atoms with Gasteiger partial charge < -0.3 is 9.64 Å². The van der Waals surface area contributed by atoms with Crippen molar-refractivity contribution in [1.82, 2.24) is 0 Å². The van der Waals surface area contributed by atoms with Gasteiger partial charge in [-0.3, -0.25) is 4.79 Å². The fraction of sp³-hybridized carbons (Fsp3) is 0.364. The number of nitrogens with zero attached hydrogens (tertiary/aromatic N) is 2. The van der Waals surface area contributed by atoms with Gasteiger partial charge in [-0.2, -0.15) is 4.99 Å². The van der Waals surface area contributed by atoms with Crippen LogP contribution in [0.1, 0.15) is 16.7 Å². The van der Waals surface area contributed by atoms with Gasteiger partial charge in [0.15, 0.2) is 15.0 Å². The Balaban J connectivity index is 1.69. The predicted molar refractivity (Wildman–Crippen MR) is 121 cm³/mol. The molecule has 0 aliphatic carbocycles. The maximum absolute atomic E-state index is 12.8. The van der Waals surface area contributed by atoms with Crippen LogP contribution >= 0.6 is 11.8 Å². The monoisotopic (exact) mass is 444 g/mol. The minimum Gasteiger partial charge on any atom is -0.496 e. The van der Waals surface area contributed by atoms with Gasteiger partial charge in [0, 0.05) is 16.5 Å². The van der Waals surface area contributed by atoms with Crippen molar-refractivity contribution in [2.45, 2.75) is 31.6 Å². The van der Waals surface area contributed by atoms with Gasteiger partial charge >= 0.3 is 0 Å². The summed E-state index contributed by atoms with van der Waals surface area (Å²) in [6.07, 6.45) is 0.127. The number of amidine groups is 1. The first kappa shape index (κ1) is 20.9. The number of aryl methyl sites for hydroxylation is 1. The molecule has 2 heterocycles. The third kappa shape index (κ3) is 3.98. The SMILES string of the molecule is COc1ccccc1CC(=O)N=C1S[C@H]2CS(=O)(=O)C[C@@H]2N1c1cccc(C)c1C. The van der Waals surface area contributed by atoms with Gasteiger partial charge in [0.1, 0.15) is 5.75 Å². The minimum absolute atomic E-state index is 0.0811. The average Bonchev–Trinajstić information content (AvgIpc) is 3.15. The summed E-state index contributed by atoms with van der Waals surface area (Å²) < 4.78 is 29.8. The lowest BCUT2D eigenvalue weighted by Gasteiger charge is -2.26. The normalized spacial score (nSPS) is 23.6. The number of para-hydroxylation sites is 1. The molecule has 0 saturated carbocycles. The van der Waals surface area contributed by atoms with Crippen LogP contribution in [0.25, 0.3) is 0 Å². The van der Waals surface area contributed by atoms with Crippen molar-refractivity contribution in [2.75, 3.05) is 23.5 Å². The number of benzene rings is 2. The molecular formula is C22H24N2O4S2. The summed E-state index contributed by atoms with van der Waals surface area (Å²) in [4.78, 5) is 19.2. The summed E-state index contributed by atoms with van der Waals surface area (Å²) in [6, 6.07) is 13.1. The van der Waals surface area contributed by atoms with Crippen LogP contribution in [-0.2, 0) is 21.1 Å². The van der Waals surface area contributed by atoms with Crippen LogP contribution in [-0.4, -0.2) is 49.4 Å². The summed E-state index contributed by atoms with van der Waals surface area (Å²) >= 11 is 1.39. The summed E-state index contributed by atoms with van der Waals surface area (Å²) in [5, 5.41) is 0.459. The molecule has 4 rings (SSSR count). The highest BCUT2D eigenvalue weighted by molar-refractivity contribution is 8.16. The van der Waals surface area contributed by atoms with Crippen molar-refractivity contribution < 1.29 is 17.9 Å². The van der Waals surface area contributed by atoms with Crippen molar-refractivity contribution in [2.24, 2.45) is 4.99 Å². The van der Waals surface area contributed by atoms with Crippen LogP contribution in [0.4, 0.5) is 5.69 Å². The van der Waals surface area contributed by atoms with Gasteiger partial charge in [-0.05, 0) is 37.1 Å². The molecule has 30 heavy (non-hydrogen) atoms. The number of thioether (sulfide) groups is 1. The highest BCUT2D eigenvalue weighted by Crippen LogP contribution is 2.42. The molecule has 2 aliphatic heterocycles. The molecule has 0 spiro atoms. The predicted octanol–water partition coefficient (Wildman–Crippen LogP) is 3.16. The van der Waals surface area contributed by atoms with E-state index in [1.807, 2.05) is 61.2 Å². The van der Waals surface area contributed by atoms with Crippen LogP contribution in [0.3, 0.4) is 0 Å². The Hall–Kier alpha value is -2.32. The number of rotatable bonds is 4. The quantitative estimate of drug-likeness (QED) is 0.721. The van der Waals surface area contributed by atoms with Crippen molar-refractivity contribution in [3.05, 3.63) is 59.2 Å². The van der Waals surface area contributed by atoms with E-state index in [-0.39, 0.29) is 35.1 Å². The van der Waals surface area contributed by atoms with Crippen LogP contribution < -0.4 is 9.64 Å². The number of sulfone groups is 1. The summed E-state index contributed by atoms with van der Waals surface area (Å²) in [5.74, 6) is 0.570.